The minimum atomic E-state index is 0.524. The second kappa shape index (κ2) is 5.37. The van der Waals surface area contributed by atoms with E-state index in [1.54, 1.807) is 0 Å². The summed E-state index contributed by atoms with van der Waals surface area (Å²) in [6, 6.07) is 5.62. The van der Waals surface area contributed by atoms with Crippen molar-refractivity contribution in [1.29, 1.82) is 0 Å². The highest BCUT2D eigenvalue weighted by Gasteiger charge is 2.25. The maximum Gasteiger partial charge on any atom is 0.0388 e. The van der Waals surface area contributed by atoms with Gasteiger partial charge in [0.15, 0.2) is 0 Å². The molecule has 3 atom stereocenters. The highest BCUT2D eigenvalue weighted by Crippen LogP contribution is 2.30. The molecule has 0 bridgehead atoms. The van der Waals surface area contributed by atoms with Crippen molar-refractivity contribution in [1.82, 2.24) is 5.32 Å². The maximum absolute atomic E-state index is 3.74. The molecule has 1 saturated carbocycles. The number of thioether (sulfide) groups is 1. The predicted octanol–water partition coefficient (Wildman–Crippen LogP) is 3.68. The van der Waals surface area contributed by atoms with Gasteiger partial charge in [-0.15, -0.1) is 11.3 Å². The van der Waals surface area contributed by atoms with Gasteiger partial charge in [0.05, 0.1) is 0 Å². The van der Waals surface area contributed by atoms with E-state index in [-0.39, 0.29) is 0 Å². The summed E-state index contributed by atoms with van der Waals surface area (Å²) in [4.78, 5) is 1.46. The first-order chi connectivity index (χ1) is 7.29. The zero-order valence-electron chi connectivity index (χ0n) is 9.40. The normalized spacial score (nSPS) is 28.1. The van der Waals surface area contributed by atoms with Crippen molar-refractivity contribution in [2.75, 3.05) is 6.26 Å². The van der Waals surface area contributed by atoms with Crippen LogP contribution in [0.25, 0.3) is 0 Å². The van der Waals surface area contributed by atoms with Gasteiger partial charge in [0.1, 0.15) is 0 Å². The Morgan fingerprint density at radius 2 is 2.40 bits per heavy atom. The SMILES string of the molecule is CS[C@@H]1CC[C@@H](N[C@H](C)c2cccs2)C1. The molecule has 0 radical (unpaired) electrons. The first-order valence-corrected chi connectivity index (χ1v) is 7.78. The quantitative estimate of drug-likeness (QED) is 0.863. The Morgan fingerprint density at radius 3 is 3.00 bits per heavy atom. The van der Waals surface area contributed by atoms with Crippen LogP contribution in [-0.4, -0.2) is 17.5 Å². The average molecular weight is 241 g/mol. The molecule has 1 fully saturated rings. The molecule has 1 heterocycles. The van der Waals surface area contributed by atoms with E-state index in [2.05, 4.69) is 36.0 Å². The first kappa shape index (κ1) is 11.5. The van der Waals surface area contributed by atoms with E-state index >= 15 is 0 Å². The van der Waals surface area contributed by atoms with Crippen molar-refractivity contribution in [3.8, 4) is 0 Å². The van der Waals surface area contributed by atoms with Gasteiger partial charge in [0.2, 0.25) is 0 Å². The van der Waals surface area contributed by atoms with Gasteiger partial charge in [0.25, 0.3) is 0 Å². The molecule has 1 aliphatic rings. The summed E-state index contributed by atoms with van der Waals surface area (Å²) in [5, 5.41) is 6.79. The molecule has 3 heteroatoms. The molecule has 1 aromatic rings. The Labute approximate surface area is 101 Å². The fourth-order valence-corrected chi connectivity index (χ4v) is 3.82. The molecule has 0 aliphatic heterocycles. The average Bonchev–Trinajstić information content (AvgIpc) is 2.87. The fraction of sp³-hybridized carbons (Fsp3) is 0.667. The minimum absolute atomic E-state index is 0.524. The number of nitrogens with one attached hydrogen (secondary N) is 1. The molecule has 0 spiro atoms. The summed E-state index contributed by atoms with van der Waals surface area (Å²) in [6.45, 7) is 2.28. The molecule has 0 amide bonds. The minimum Gasteiger partial charge on any atom is -0.307 e. The molecule has 0 unspecified atom stereocenters. The van der Waals surface area contributed by atoms with Crippen molar-refractivity contribution in [2.45, 2.75) is 43.5 Å². The molecule has 15 heavy (non-hydrogen) atoms. The van der Waals surface area contributed by atoms with Gasteiger partial charge in [-0.05, 0) is 43.9 Å². The number of rotatable bonds is 4. The Hall–Kier alpha value is 0.01000. The van der Waals surface area contributed by atoms with Gasteiger partial charge in [-0.3, -0.25) is 0 Å². The molecule has 2 rings (SSSR count). The lowest BCUT2D eigenvalue weighted by Gasteiger charge is -2.18. The van der Waals surface area contributed by atoms with Crippen molar-refractivity contribution in [3.63, 3.8) is 0 Å². The van der Waals surface area contributed by atoms with Crippen LogP contribution in [0.15, 0.2) is 17.5 Å². The number of thiophene rings is 1. The van der Waals surface area contributed by atoms with E-state index in [0.29, 0.717) is 6.04 Å². The van der Waals surface area contributed by atoms with E-state index in [1.165, 1.54) is 24.1 Å². The van der Waals surface area contributed by atoms with Crippen molar-refractivity contribution >= 4 is 23.1 Å². The lowest BCUT2D eigenvalue weighted by atomic mass is 10.2. The van der Waals surface area contributed by atoms with Crippen LogP contribution in [-0.2, 0) is 0 Å². The van der Waals surface area contributed by atoms with Gasteiger partial charge in [-0.2, -0.15) is 11.8 Å². The topological polar surface area (TPSA) is 12.0 Å². The van der Waals surface area contributed by atoms with Gasteiger partial charge in [-0.25, -0.2) is 0 Å². The third kappa shape index (κ3) is 2.99. The summed E-state index contributed by atoms with van der Waals surface area (Å²) in [6.07, 6.45) is 6.31. The molecule has 1 N–H and O–H groups in total. The van der Waals surface area contributed by atoms with Crippen LogP contribution >= 0.6 is 23.1 Å². The highest BCUT2D eigenvalue weighted by atomic mass is 32.2. The lowest BCUT2D eigenvalue weighted by Crippen LogP contribution is -2.29. The third-order valence-electron chi connectivity index (χ3n) is 3.17. The van der Waals surface area contributed by atoms with E-state index in [0.717, 1.165) is 11.3 Å². The van der Waals surface area contributed by atoms with Crippen LogP contribution in [0.5, 0.6) is 0 Å². The summed E-state index contributed by atoms with van der Waals surface area (Å²) >= 11 is 3.88. The summed E-state index contributed by atoms with van der Waals surface area (Å²) in [5.74, 6) is 0. The summed E-state index contributed by atoms with van der Waals surface area (Å²) in [5.41, 5.74) is 0. The van der Waals surface area contributed by atoms with Crippen LogP contribution < -0.4 is 5.32 Å². The Kier molecular flexibility index (Phi) is 4.12. The van der Waals surface area contributed by atoms with Crippen molar-refractivity contribution < 1.29 is 0 Å². The standard InChI is InChI=1S/C12H19NS2/c1-9(12-4-3-7-15-12)13-10-5-6-11(8-10)14-2/h3-4,7,9-11,13H,5-6,8H2,1-2H3/t9-,10-,11-/m1/s1. The summed E-state index contributed by atoms with van der Waals surface area (Å²) in [7, 11) is 0. The Bertz CT molecular complexity index is 284. The van der Waals surface area contributed by atoms with E-state index in [9.17, 15) is 0 Å². The monoisotopic (exact) mass is 241 g/mol. The molecule has 1 aliphatic carbocycles. The second-order valence-corrected chi connectivity index (χ2v) is 6.39. The smallest absolute Gasteiger partial charge is 0.0388 e. The van der Waals surface area contributed by atoms with Crippen molar-refractivity contribution in [2.24, 2.45) is 0 Å². The largest absolute Gasteiger partial charge is 0.307 e. The molecular formula is C12H19NS2. The van der Waals surface area contributed by atoms with Gasteiger partial charge < -0.3 is 5.32 Å². The molecule has 1 nitrogen and oxygen atoms in total. The van der Waals surface area contributed by atoms with E-state index in [4.69, 9.17) is 0 Å². The zero-order chi connectivity index (χ0) is 10.7. The van der Waals surface area contributed by atoms with Gasteiger partial charge in [0, 0.05) is 22.2 Å². The Balaban J connectivity index is 1.83. The highest BCUT2D eigenvalue weighted by molar-refractivity contribution is 7.99. The first-order valence-electron chi connectivity index (χ1n) is 5.62. The maximum atomic E-state index is 3.74. The van der Waals surface area contributed by atoms with Crippen LogP contribution in [0.1, 0.15) is 37.1 Å². The Morgan fingerprint density at radius 1 is 1.53 bits per heavy atom. The number of hydrogen-bond donors (Lipinski definition) is 1. The molecule has 0 aromatic carbocycles. The third-order valence-corrected chi connectivity index (χ3v) is 5.32. The van der Waals surface area contributed by atoms with Crippen LogP contribution in [0, 0.1) is 0 Å². The molecule has 0 saturated heterocycles. The number of hydrogen-bond acceptors (Lipinski definition) is 3. The molecular weight excluding hydrogens is 222 g/mol. The van der Waals surface area contributed by atoms with Gasteiger partial charge >= 0.3 is 0 Å². The van der Waals surface area contributed by atoms with Crippen LogP contribution in [0.2, 0.25) is 0 Å². The predicted molar refractivity (Wildman–Crippen MR) is 70.8 cm³/mol. The van der Waals surface area contributed by atoms with Crippen LogP contribution in [0.3, 0.4) is 0 Å². The van der Waals surface area contributed by atoms with E-state index < -0.39 is 0 Å². The fourth-order valence-electron chi connectivity index (χ4n) is 2.28. The van der Waals surface area contributed by atoms with Crippen LogP contribution in [0.4, 0.5) is 0 Å². The zero-order valence-corrected chi connectivity index (χ0v) is 11.0. The second-order valence-electron chi connectivity index (χ2n) is 4.27. The van der Waals surface area contributed by atoms with E-state index in [1.807, 2.05) is 23.1 Å². The van der Waals surface area contributed by atoms with Crippen molar-refractivity contribution in [3.05, 3.63) is 22.4 Å². The lowest BCUT2D eigenvalue weighted by molar-refractivity contribution is 0.466. The molecule has 84 valence electrons. The summed E-state index contributed by atoms with van der Waals surface area (Å²) < 4.78 is 0. The molecule has 1 aromatic heterocycles. The van der Waals surface area contributed by atoms with Gasteiger partial charge in [-0.1, -0.05) is 6.07 Å².